The molecule has 3 rings (SSSR count). The van der Waals surface area contributed by atoms with Crippen LogP contribution in [-0.4, -0.2) is 28.2 Å². The average Bonchev–Trinajstić information content (AvgIpc) is 3.08. The van der Waals surface area contributed by atoms with Gasteiger partial charge in [0, 0.05) is 17.3 Å². The summed E-state index contributed by atoms with van der Waals surface area (Å²) in [6, 6.07) is 16.6. The second kappa shape index (κ2) is 10.8. The van der Waals surface area contributed by atoms with Gasteiger partial charge in [0.25, 0.3) is 11.8 Å². The number of hydrogen-bond acceptors (Lipinski definition) is 5. The van der Waals surface area contributed by atoms with Crippen molar-refractivity contribution < 1.29 is 14.3 Å². The number of aromatic nitrogens is 2. The first-order valence-corrected chi connectivity index (χ1v) is 10.3. The fourth-order valence-corrected chi connectivity index (χ4v) is 3.12. The molecule has 33 heavy (non-hydrogen) atoms. The van der Waals surface area contributed by atoms with E-state index in [1.807, 2.05) is 31.5 Å². The topological polar surface area (TPSA) is 109 Å². The molecule has 0 aliphatic carbocycles. The molecule has 0 fully saturated rings. The Morgan fingerprint density at radius 3 is 2.42 bits per heavy atom. The van der Waals surface area contributed by atoms with Crippen LogP contribution < -0.4 is 15.6 Å². The van der Waals surface area contributed by atoms with Gasteiger partial charge in [-0.15, -0.1) is 0 Å². The molecule has 0 saturated carbocycles. The number of carbonyl (C=O) groups excluding carboxylic acids is 2. The van der Waals surface area contributed by atoms with Crippen molar-refractivity contribution in [3.05, 3.63) is 88.2 Å². The molecular formula is C25H25N5O3. The number of hydrazine groups is 1. The molecule has 1 aromatic heterocycles. The maximum absolute atomic E-state index is 12.1. The molecule has 0 radical (unpaired) electrons. The van der Waals surface area contributed by atoms with Crippen molar-refractivity contribution in [1.29, 1.82) is 5.26 Å². The lowest BCUT2D eigenvalue weighted by Crippen LogP contribution is -2.43. The minimum absolute atomic E-state index is 0.278. The fraction of sp³-hybridized carbons (Fsp3) is 0.200. The lowest BCUT2D eigenvalue weighted by atomic mass is 10.1. The lowest BCUT2D eigenvalue weighted by molar-refractivity contribution is -0.128. The Balaban J connectivity index is 1.50. The molecular weight excluding hydrogens is 418 g/mol. The average molecular weight is 444 g/mol. The van der Waals surface area contributed by atoms with Gasteiger partial charge in [0.2, 0.25) is 0 Å². The first-order valence-electron chi connectivity index (χ1n) is 10.3. The molecule has 168 valence electrons. The second-order valence-electron chi connectivity index (χ2n) is 7.52. The summed E-state index contributed by atoms with van der Waals surface area (Å²) in [5, 5.41) is 13.4. The summed E-state index contributed by atoms with van der Waals surface area (Å²) in [5.41, 5.74) is 10.1. The summed E-state index contributed by atoms with van der Waals surface area (Å²) >= 11 is 0. The Labute approximate surface area is 192 Å². The van der Waals surface area contributed by atoms with Crippen LogP contribution in [0.15, 0.2) is 54.6 Å². The Morgan fingerprint density at radius 1 is 1.06 bits per heavy atom. The number of aryl methyl sites for hydroxylation is 2. The van der Waals surface area contributed by atoms with Crippen LogP contribution in [0.5, 0.6) is 5.75 Å². The molecule has 0 aliphatic rings. The molecule has 0 bridgehead atoms. The summed E-state index contributed by atoms with van der Waals surface area (Å²) in [6.45, 7) is 6.25. The normalized spacial score (nSPS) is 10.6. The zero-order valence-corrected chi connectivity index (χ0v) is 18.8. The van der Waals surface area contributed by atoms with E-state index in [9.17, 15) is 9.59 Å². The smallest absolute Gasteiger partial charge is 0.276 e. The zero-order valence-electron chi connectivity index (χ0n) is 18.8. The Kier molecular flexibility index (Phi) is 7.60. The predicted octanol–water partition coefficient (Wildman–Crippen LogP) is 2.97. The van der Waals surface area contributed by atoms with Crippen molar-refractivity contribution in [2.24, 2.45) is 0 Å². The van der Waals surface area contributed by atoms with Crippen molar-refractivity contribution in [3.8, 4) is 11.8 Å². The van der Waals surface area contributed by atoms with E-state index in [1.54, 1.807) is 30.3 Å². The number of rotatable bonds is 7. The van der Waals surface area contributed by atoms with E-state index in [-0.39, 0.29) is 6.61 Å². The van der Waals surface area contributed by atoms with Crippen LogP contribution >= 0.6 is 0 Å². The van der Waals surface area contributed by atoms with Crippen LogP contribution in [-0.2, 0) is 16.1 Å². The van der Waals surface area contributed by atoms with Crippen LogP contribution in [0, 0.1) is 32.1 Å². The van der Waals surface area contributed by atoms with E-state index in [1.165, 1.54) is 11.6 Å². The van der Waals surface area contributed by atoms with Crippen molar-refractivity contribution >= 4 is 17.9 Å². The molecule has 2 N–H and O–H groups in total. The highest BCUT2D eigenvalue weighted by molar-refractivity contribution is 5.93. The van der Waals surface area contributed by atoms with Crippen molar-refractivity contribution in [2.75, 3.05) is 6.61 Å². The minimum atomic E-state index is -0.514. The molecule has 2 aromatic carbocycles. The molecule has 0 saturated heterocycles. The predicted molar refractivity (Wildman–Crippen MR) is 124 cm³/mol. The van der Waals surface area contributed by atoms with Crippen LogP contribution in [0.2, 0.25) is 0 Å². The van der Waals surface area contributed by atoms with Crippen LogP contribution in [0.4, 0.5) is 0 Å². The van der Waals surface area contributed by atoms with E-state index in [2.05, 4.69) is 40.2 Å². The second-order valence-corrected chi connectivity index (χ2v) is 7.52. The van der Waals surface area contributed by atoms with Gasteiger partial charge in [0.05, 0.1) is 23.9 Å². The van der Waals surface area contributed by atoms with E-state index < -0.39 is 11.8 Å². The van der Waals surface area contributed by atoms with Gasteiger partial charge >= 0.3 is 0 Å². The number of carbonyl (C=O) groups is 2. The summed E-state index contributed by atoms with van der Waals surface area (Å²) in [7, 11) is 0. The first kappa shape index (κ1) is 23.3. The van der Waals surface area contributed by atoms with E-state index in [0.29, 0.717) is 17.9 Å². The highest BCUT2D eigenvalue weighted by Gasteiger charge is 2.10. The van der Waals surface area contributed by atoms with Gasteiger partial charge in [0.15, 0.2) is 6.61 Å². The molecule has 2 amide bonds. The number of benzene rings is 2. The van der Waals surface area contributed by atoms with Gasteiger partial charge in [-0.2, -0.15) is 10.4 Å². The minimum Gasteiger partial charge on any atom is -0.484 e. The van der Waals surface area contributed by atoms with Gasteiger partial charge < -0.3 is 4.74 Å². The number of ether oxygens (including phenoxy) is 1. The lowest BCUT2D eigenvalue weighted by Gasteiger charge is -2.07. The molecule has 0 spiro atoms. The molecule has 3 aromatic rings. The maximum Gasteiger partial charge on any atom is 0.276 e. The van der Waals surface area contributed by atoms with E-state index in [0.717, 1.165) is 22.5 Å². The summed E-state index contributed by atoms with van der Waals surface area (Å²) in [5.74, 6) is -0.546. The third kappa shape index (κ3) is 6.55. The number of hydrogen-bond donors (Lipinski definition) is 2. The quantitative estimate of drug-likeness (QED) is 0.431. The Morgan fingerprint density at radius 2 is 1.76 bits per heavy atom. The zero-order chi connectivity index (χ0) is 23.8. The molecule has 1 heterocycles. The first-order chi connectivity index (χ1) is 15.9. The third-order valence-electron chi connectivity index (χ3n) is 4.97. The highest BCUT2D eigenvalue weighted by Crippen LogP contribution is 2.17. The van der Waals surface area contributed by atoms with E-state index in [4.69, 9.17) is 10.00 Å². The number of amides is 2. The maximum atomic E-state index is 12.1. The molecule has 0 unspecified atom stereocenters. The van der Waals surface area contributed by atoms with Crippen molar-refractivity contribution in [1.82, 2.24) is 20.6 Å². The molecule has 0 aliphatic heterocycles. The molecule has 8 heteroatoms. The highest BCUT2D eigenvalue weighted by atomic mass is 16.5. The van der Waals surface area contributed by atoms with Gasteiger partial charge in [-0.25, -0.2) is 0 Å². The largest absolute Gasteiger partial charge is 0.484 e. The summed E-state index contributed by atoms with van der Waals surface area (Å²) < 4.78 is 7.22. The number of nitrogens with one attached hydrogen (secondary N) is 2. The van der Waals surface area contributed by atoms with Crippen molar-refractivity contribution in [2.45, 2.75) is 27.3 Å². The SMILES string of the molecule is Cc1ccc(Cn2nc(C)c(/C=C/C(=O)NNC(=O)COc3ccc(C#N)cc3)c2C)cc1. The number of nitriles is 1. The van der Waals surface area contributed by atoms with Gasteiger partial charge in [0.1, 0.15) is 5.75 Å². The molecule has 0 atom stereocenters. The van der Waals surface area contributed by atoms with Crippen LogP contribution in [0.3, 0.4) is 0 Å². The Hall–Kier alpha value is -4.38. The van der Waals surface area contributed by atoms with Crippen molar-refractivity contribution in [3.63, 3.8) is 0 Å². The standard InChI is InChI=1S/C25H25N5O3/c1-17-4-6-21(7-5-17)15-30-19(3)23(18(2)29-30)12-13-24(31)27-28-25(32)16-33-22-10-8-20(14-26)9-11-22/h4-13H,15-16H2,1-3H3,(H,27,31)(H,28,32)/b13-12+. The summed E-state index contributed by atoms with van der Waals surface area (Å²) in [4.78, 5) is 24.0. The summed E-state index contributed by atoms with van der Waals surface area (Å²) in [6.07, 6.45) is 3.02. The molecule has 8 nitrogen and oxygen atoms in total. The van der Waals surface area contributed by atoms with Gasteiger partial charge in [-0.05, 0) is 56.7 Å². The monoisotopic (exact) mass is 443 g/mol. The van der Waals surface area contributed by atoms with Crippen LogP contribution in [0.1, 0.15) is 33.6 Å². The van der Waals surface area contributed by atoms with Gasteiger partial charge in [-0.3, -0.25) is 25.1 Å². The third-order valence-corrected chi connectivity index (χ3v) is 4.97. The Bertz CT molecular complexity index is 1200. The fourth-order valence-electron chi connectivity index (χ4n) is 3.12. The van der Waals surface area contributed by atoms with E-state index >= 15 is 0 Å². The van der Waals surface area contributed by atoms with Crippen LogP contribution in [0.25, 0.3) is 6.08 Å². The van der Waals surface area contributed by atoms with Gasteiger partial charge in [-0.1, -0.05) is 29.8 Å². The number of nitrogens with zero attached hydrogens (tertiary/aromatic N) is 3.